The summed E-state index contributed by atoms with van der Waals surface area (Å²) in [6.07, 6.45) is 1.59. The van der Waals surface area contributed by atoms with Gasteiger partial charge < -0.3 is 10.1 Å². The highest BCUT2D eigenvalue weighted by atomic mass is 16.5. The van der Waals surface area contributed by atoms with Crippen LogP contribution in [-0.2, 0) is 0 Å². The number of methoxy groups -OCH3 is 1. The SMILES string of the molecule is COc1ccc(Nc2ncnc3cccc(C)c23)c(C)c1. The largest absolute Gasteiger partial charge is 0.497 e. The molecule has 0 saturated carbocycles. The lowest BCUT2D eigenvalue weighted by molar-refractivity contribution is 0.414. The highest BCUT2D eigenvalue weighted by Crippen LogP contribution is 2.28. The van der Waals surface area contributed by atoms with Crippen molar-refractivity contribution in [2.24, 2.45) is 0 Å². The number of nitrogens with zero attached hydrogens (tertiary/aromatic N) is 2. The summed E-state index contributed by atoms with van der Waals surface area (Å²) in [5, 5.41) is 4.45. The zero-order valence-electron chi connectivity index (χ0n) is 12.3. The molecular weight excluding hydrogens is 262 g/mol. The molecule has 3 rings (SSSR count). The molecule has 0 aliphatic rings. The zero-order chi connectivity index (χ0) is 14.8. The van der Waals surface area contributed by atoms with E-state index in [1.165, 1.54) is 0 Å². The van der Waals surface area contributed by atoms with Crippen LogP contribution in [0.4, 0.5) is 11.5 Å². The minimum Gasteiger partial charge on any atom is -0.497 e. The van der Waals surface area contributed by atoms with Crippen molar-refractivity contribution in [3.8, 4) is 5.75 Å². The van der Waals surface area contributed by atoms with Crippen molar-refractivity contribution in [2.45, 2.75) is 13.8 Å². The first-order valence-corrected chi connectivity index (χ1v) is 6.81. The molecule has 106 valence electrons. The summed E-state index contributed by atoms with van der Waals surface area (Å²) in [7, 11) is 1.67. The summed E-state index contributed by atoms with van der Waals surface area (Å²) < 4.78 is 5.24. The average molecular weight is 279 g/mol. The van der Waals surface area contributed by atoms with E-state index in [0.29, 0.717) is 0 Å². The Morgan fingerprint density at radius 2 is 1.86 bits per heavy atom. The number of rotatable bonds is 3. The minimum absolute atomic E-state index is 0.825. The molecular formula is C17H17N3O. The van der Waals surface area contributed by atoms with Crippen LogP contribution in [0.1, 0.15) is 11.1 Å². The van der Waals surface area contributed by atoms with Crippen LogP contribution in [0.2, 0.25) is 0 Å². The Hall–Kier alpha value is -2.62. The molecule has 0 radical (unpaired) electrons. The Bertz CT molecular complexity index is 794. The predicted molar refractivity (Wildman–Crippen MR) is 85.3 cm³/mol. The van der Waals surface area contributed by atoms with E-state index in [2.05, 4.69) is 28.3 Å². The van der Waals surface area contributed by atoms with E-state index < -0.39 is 0 Å². The monoisotopic (exact) mass is 279 g/mol. The molecule has 0 atom stereocenters. The van der Waals surface area contributed by atoms with Crippen LogP contribution < -0.4 is 10.1 Å². The van der Waals surface area contributed by atoms with Crippen molar-refractivity contribution in [2.75, 3.05) is 12.4 Å². The molecule has 0 saturated heterocycles. The maximum atomic E-state index is 5.24. The van der Waals surface area contributed by atoms with Crippen molar-refractivity contribution in [3.63, 3.8) is 0 Å². The van der Waals surface area contributed by atoms with Crippen LogP contribution in [-0.4, -0.2) is 17.1 Å². The van der Waals surface area contributed by atoms with E-state index in [-0.39, 0.29) is 0 Å². The van der Waals surface area contributed by atoms with E-state index in [1.54, 1.807) is 13.4 Å². The van der Waals surface area contributed by atoms with Crippen molar-refractivity contribution in [1.29, 1.82) is 0 Å². The molecule has 4 heteroatoms. The van der Waals surface area contributed by atoms with Gasteiger partial charge in [0.2, 0.25) is 0 Å². The maximum Gasteiger partial charge on any atom is 0.141 e. The van der Waals surface area contributed by atoms with Gasteiger partial charge in [-0.3, -0.25) is 0 Å². The number of hydrogen-bond donors (Lipinski definition) is 1. The Balaban J connectivity index is 2.06. The molecule has 21 heavy (non-hydrogen) atoms. The second-order valence-electron chi connectivity index (χ2n) is 5.00. The lowest BCUT2D eigenvalue weighted by atomic mass is 10.1. The van der Waals surface area contributed by atoms with E-state index in [4.69, 9.17) is 4.74 Å². The van der Waals surface area contributed by atoms with Gasteiger partial charge in [-0.25, -0.2) is 9.97 Å². The van der Waals surface area contributed by atoms with Gasteiger partial charge in [-0.1, -0.05) is 12.1 Å². The van der Waals surface area contributed by atoms with Gasteiger partial charge in [0.1, 0.15) is 17.9 Å². The topological polar surface area (TPSA) is 47.0 Å². The molecule has 0 bridgehead atoms. The molecule has 0 fully saturated rings. The summed E-state index contributed by atoms with van der Waals surface area (Å²) in [4.78, 5) is 8.72. The van der Waals surface area contributed by atoms with Crippen LogP contribution in [0.25, 0.3) is 10.9 Å². The summed E-state index contributed by atoms with van der Waals surface area (Å²) in [6.45, 7) is 4.11. The lowest BCUT2D eigenvalue weighted by Gasteiger charge is -2.13. The summed E-state index contributed by atoms with van der Waals surface area (Å²) >= 11 is 0. The molecule has 0 amide bonds. The number of aryl methyl sites for hydroxylation is 2. The third kappa shape index (κ3) is 2.52. The Kier molecular flexibility index (Phi) is 3.44. The van der Waals surface area contributed by atoms with Crippen LogP contribution >= 0.6 is 0 Å². The number of benzene rings is 2. The smallest absolute Gasteiger partial charge is 0.141 e. The number of ether oxygens (including phenoxy) is 1. The van der Waals surface area contributed by atoms with Crippen LogP contribution in [0.5, 0.6) is 5.75 Å². The summed E-state index contributed by atoms with van der Waals surface area (Å²) in [5.41, 5.74) is 4.22. The molecule has 1 N–H and O–H groups in total. The zero-order valence-corrected chi connectivity index (χ0v) is 12.3. The van der Waals surface area contributed by atoms with E-state index in [9.17, 15) is 0 Å². The van der Waals surface area contributed by atoms with Crippen molar-refractivity contribution >= 4 is 22.4 Å². The minimum atomic E-state index is 0.825. The Labute approximate surface area is 123 Å². The van der Waals surface area contributed by atoms with Gasteiger partial charge in [0, 0.05) is 11.1 Å². The van der Waals surface area contributed by atoms with Gasteiger partial charge in [0.15, 0.2) is 0 Å². The van der Waals surface area contributed by atoms with Crippen molar-refractivity contribution < 1.29 is 4.74 Å². The molecule has 3 aromatic rings. The quantitative estimate of drug-likeness (QED) is 0.787. The second kappa shape index (κ2) is 5.40. The van der Waals surface area contributed by atoms with E-state index in [1.807, 2.05) is 37.3 Å². The van der Waals surface area contributed by atoms with E-state index in [0.717, 1.165) is 39.3 Å². The third-order valence-electron chi connectivity index (χ3n) is 3.56. The van der Waals surface area contributed by atoms with Gasteiger partial charge in [0.05, 0.1) is 12.6 Å². The Morgan fingerprint density at radius 1 is 1.00 bits per heavy atom. The standard InChI is InChI=1S/C17H17N3O/c1-11-5-4-6-15-16(11)17(19-10-18-15)20-14-8-7-13(21-3)9-12(14)2/h4-10H,1-3H3,(H,18,19,20). The van der Waals surface area contributed by atoms with Gasteiger partial charge in [-0.2, -0.15) is 0 Å². The number of fused-ring (bicyclic) bond motifs is 1. The summed E-state index contributed by atoms with van der Waals surface area (Å²) in [6, 6.07) is 12.0. The highest BCUT2D eigenvalue weighted by Gasteiger charge is 2.08. The van der Waals surface area contributed by atoms with Crippen LogP contribution in [0, 0.1) is 13.8 Å². The van der Waals surface area contributed by atoms with Crippen LogP contribution in [0.3, 0.4) is 0 Å². The lowest BCUT2D eigenvalue weighted by Crippen LogP contribution is -1.99. The first-order chi connectivity index (χ1) is 10.2. The predicted octanol–water partition coefficient (Wildman–Crippen LogP) is 4.00. The number of aromatic nitrogens is 2. The molecule has 0 unspecified atom stereocenters. The third-order valence-corrected chi connectivity index (χ3v) is 3.56. The second-order valence-corrected chi connectivity index (χ2v) is 5.00. The van der Waals surface area contributed by atoms with Gasteiger partial charge in [-0.05, 0) is 49.2 Å². The number of hydrogen-bond acceptors (Lipinski definition) is 4. The molecule has 4 nitrogen and oxygen atoms in total. The molecule has 0 aliphatic heterocycles. The highest BCUT2D eigenvalue weighted by molar-refractivity contribution is 5.93. The van der Waals surface area contributed by atoms with Crippen molar-refractivity contribution in [3.05, 3.63) is 53.9 Å². The molecule has 1 aromatic heterocycles. The normalized spacial score (nSPS) is 10.6. The average Bonchev–Trinajstić information content (AvgIpc) is 2.49. The fraction of sp³-hybridized carbons (Fsp3) is 0.176. The molecule has 0 spiro atoms. The fourth-order valence-corrected chi connectivity index (χ4v) is 2.41. The van der Waals surface area contributed by atoms with E-state index >= 15 is 0 Å². The van der Waals surface area contributed by atoms with Crippen molar-refractivity contribution in [1.82, 2.24) is 9.97 Å². The maximum absolute atomic E-state index is 5.24. The Morgan fingerprint density at radius 3 is 2.62 bits per heavy atom. The van der Waals surface area contributed by atoms with Gasteiger partial charge in [-0.15, -0.1) is 0 Å². The molecule has 0 aliphatic carbocycles. The fourth-order valence-electron chi connectivity index (χ4n) is 2.41. The first kappa shape index (κ1) is 13.4. The first-order valence-electron chi connectivity index (χ1n) is 6.81. The van der Waals surface area contributed by atoms with Gasteiger partial charge >= 0.3 is 0 Å². The molecule has 1 heterocycles. The number of anilines is 2. The summed E-state index contributed by atoms with van der Waals surface area (Å²) in [5.74, 6) is 1.67. The van der Waals surface area contributed by atoms with Crippen LogP contribution in [0.15, 0.2) is 42.7 Å². The van der Waals surface area contributed by atoms with Gasteiger partial charge in [0.25, 0.3) is 0 Å². The number of nitrogens with one attached hydrogen (secondary N) is 1. The molecule has 2 aromatic carbocycles.